The summed E-state index contributed by atoms with van der Waals surface area (Å²) in [6.07, 6.45) is 0. The summed E-state index contributed by atoms with van der Waals surface area (Å²) in [7, 11) is -7.45. The van der Waals surface area contributed by atoms with Crippen molar-refractivity contribution in [1.82, 2.24) is 0 Å². The average Bonchev–Trinajstić information content (AvgIpc) is 2.74. The molecule has 3 aromatic carbocycles. The Morgan fingerprint density at radius 2 is 1.48 bits per heavy atom. The van der Waals surface area contributed by atoms with Gasteiger partial charge in [0.05, 0.1) is 15.5 Å². The molecule has 0 fully saturated rings. The summed E-state index contributed by atoms with van der Waals surface area (Å²) in [6, 6.07) is 19.1. The van der Waals surface area contributed by atoms with Crippen LogP contribution in [-0.2, 0) is 29.9 Å². The Morgan fingerprint density at radius 3 is 2.16 bits per heavy atom. The van der Waals surface area contributed by atoms with E-state index in [1.165, 1.54) is 30.3 Å². The first kappa shape index (κ1) is 22.8. The van der Waals surface area contributed by atoms with E-state index in [9.17, 15) is 16.8 Å². The molecule has 0 heterocycles. The van der Waals surface area contributed by atoms with Crippen molar-refractivity contribution in [2.24, 2.45) is 0 Å². The van der Waals surface area contributed by atoms with Crippen molar-refractivity contribution in [3.63, 3.8) is 0 Å². The Kier molecular flexibility index (Phi) is 6.99. The number of benzene rings is 3. The molecule has 2 N–H and O–H groups in total. The lowest BCUT2D eigenvalue weighted by Crippen LogP contribution is -2.13. The third-order valence-electron chi connectivity index (χ3n) is 4.46. The van der Waals surface area contributed by atoms with Crippen LogP contribution in [0, 0.1) is 6.92 Å². The predicted molar refractivity (Wildman–Crippen MR) is 118 cm³/mol. The van der Waals surface area contributed by atoms with Crippen molar-refractivity contribution in [2.45, 2.75) is 22.5 Å². The van der Waals surface area contributed by atoms with Gasteiger partial charge in [-0.05, 0) is 55.0 Å². The first-order valence-corrected chi connectivity index (χ1v) is 12.5. The summed E-state index contributed by atoms with van der Waals surface area (Å²) < 4.78 is 60.1. The lowest BCUT2D eigenvalue weighted by Gasteiger charge is -2.11. The minimum absolute atomic E-state index is 0.0418. The van der Waals surface area contributed by atoms with Crippen molar-refractivity contribution in [1.29, 1.82) is 0 Å². The Morgan fingerprint density at radius 1 is 0.806 bits per heavy atom. The van der Waals surface area contributed by atoms with Crippen molar-refractivity contribution < 1.29 is 25.8 Å². The summed E-state index contributed by atoms with van der Waals surface area (Å²) in [4.78, 5) is 0.273. The van der Waals surface area contributed by atoms with Gasteiger partial charge in [0.2, 0.25) is 0 Å². The fraction of sp³-hybridized carbons (Fsp3) is 0.182. The molecule has 0 saturated heterocycles. The van der Waals surface area contributed by atoms with Gasteiger partial charge in [-0.3, -0.25) is 4.18 Å². The fourth-order valence-electron chi connectivity index (χ4n) is 2.79. The van der Waals surface area contributed by atoms with Crippen LogP contribution in [0.25, 0.3) is 0 Å². The SMILES string of the molecule is Cc1ccc(S(=O)(=O)OCCOc2ccc(N)c(CS(=O)(=O)c3ccccc3)c2)cc1. The van der Waals surface area contributed by atoms with Crippen LogP contribution >= 0.6 is 0 Å². The zero-order chi connectivity index (χ0) is 22.5. The van der Waals surface area contributed by atoms with Crippen LogP contribution < -0.4 is 10.5 Å². The van der Waals surface area contributed by atoms with E-state index in [0.29, 0.717) is 17.0 Å². The molecule has 0 aliphatic heterocycles. The van der Waals surface area contributed by atoms with Gasteiger partial charge in [-0.2, -0.15) is 8.42 Å². The Balaban J connectivity index is 1.61. The molecule has 0 aliphatic carbocycles. The summed E-state index contributed by atoms with van der Waals surface area (Å²) in [6.45, 7) is 1.62. The first-order valence-electron chi connectivity index (χ1n) is 9.42. The average molecular weight is 462 g/mol. The van der Waals surface area contributed by atoms with Crippen molar-refractivity contribution in [3.05, 3.63) is 83.9 Å². The molecule has 0 aromatic heterocycles. The molecule has 9 heteroatoms. The molecule has 31 heavy (non-hydrogen) atoms. The third kappa shape index (κ3) is 6.06. The fourth-order valence-corrected chi connectivity index (χ4v) is 5.08. The second-order valence-corrected chi connectivity index (χ2v) is 10.5. The van der Waals surface area contributed by atoms with Crippen LogP contribution in [0.1, 0.15) is 11.1 Å². The van der Waals surface area contributed by atoms with E-state index in [-0.39, 0.29) is 28.8 Å². The monoisotopic (exact) mass is 461 g/mol. The van der Waals surface area contributed by atoms with E-state index in [4.69, 9.17) is 14.7 Å². The highest BCUT2D eigenvalue weighted by atomic mass is 32.2. The van der Waals surface area contributed by atoms with E-state index in [2.05, 4.69) is 0 Å². The number of sulfone groups is 1. The summed E-state index contributed by atoms with van der Waals surface area (Å²) in [5, 5.41) is 0. The van der Waals surface area contributed by atoms with Crippen LogP contribution in [0.5, 0.6) is 5.75 Å². The number of ether oxygens (including phenoxy) is 1. The molecule has 7 nitrogen and oxygen atoms in total. The van der Waals surface area contributed by atoms with Crippen LogP contribution in [-0.4, -0.2) is 30.0 Å². The van der Waals surface area contributed by atoms with Gasteiger partial charge < -0.3 is 10.5 Å². The molecule has 0 spiro atoms. The second kappa shape index (κ2) is 9.51. The highest BCUT2D eigenvalue weighted by Gasteiger charge is 2.18. The van der Waals surface area contributed by atoms with Gasteiger partial charge in [0.15, 0.2) is 9.84 Å². The van der Waals surface area contributed by atoms with Crippen molar-refractivity contribution in [2.75, 3.05) is 18.9 Å². The standard InChI is InChI=1S/C22H23NO6S2/c1-17-7-10-21(11-8-17)31(26,27)29-14-13-28-19-9-12-22(23)18(15-19)16-30(24,25)20-5-3-2-4-6-20/h2-12,15H,13-14,16,23H2,1H3. The topological polar surface area (TPSA) is 113 Å². The Bertz CT molecular complexity index is 1240. The maximum absolute atomic E-state index is 12.6. The van der Waals surface area contributed by atoms with Crippen LogP contribution in [0.3, 0.4) is 0 Å². The quantitative estimate of drug-likeness (QED) is 0.295. The van der Waals surface area contributed by atoms with E-state index in [1.807, 2.05) is 6.92 Å². The molecular weight excluding hydrogens is 438 g/mol. The van der Waals surface area contributed by atoms with Gasteiger partial charge >= 0.3 is 0 Å². The lowest BCUT2D eigenvalue weighted by atomic mass is 10.2. The zero-order valence-corrected chi connectivity index (χ0v) is 18.5. The number of hydrogen-bond acceptors (Lipinski definition) is 7. The number of nitrogens with two attached hydrogens (primary N) is 1. The Hall–Kier alpha value is -2.88. The number of rotatable bonds is 9. The molecule has 0 bridgehead atoms. The minimum atomic E-state index is -3.88. The first-order chi connectivity index (χ1) is 14.7. The van der Waals surface area contributed by atoms with Gasteiger partial charge in [0.1, 0.15) is 19.0 Å². The van der Waals surface area contributed by atoms with Crippen LogP contribution in [0.15, 0.2) is 82.6 Å². The molecular formula is C22H23NO6S2. The number of anilines is 1. The predicted octanol–water partition coefficient (Wildman–Crippen LogP) is 3.34. The molecule has 0 unspecified atom stereocenters. The number of nitrogen functional groups attached to an aromatic ring is 1. The molecule has 0 atom stereocenters. The maximum atomic E-state index is 12.6. The molecule has 3 rings (SSSR count). The van der Waals surface area contributed by atoms with E-state index in [0.717, 1.165) is 5.56 Å². The molecule has 0 radical (unpaired) electrons. The molecule has 3 aromatic rings. The molecule has 0 saturated carbocycles. The van der Waals surface area contributed by atoms with Gasteiger partial charge in [0.25, 0.3) is 10.1 Å². The second-order valence-electron chi connectivity index (χ2n) is 6.87. The van der Waals surface area contributed by atoms with E-state index in [1.54, 1.807) is 42.5 Å². The molecule has 164 valence electrons. The summed E-state index contributed by atoms with van der Waals surface area (Å²) >= 11 is 0. The van der Waals surface area contributed by atoms with Crippen molar-refractivity contribution in [3.8, 4) is 5.75 Å². The lowest BCUT2D eigenvalue weighted by molar-refractivity contribution is 0.221. The number of hydrogen-bond donors (Lipinski definition) is 1. The minimum Gasteiger partial charge on any atom is -0.491 e. The van der Waals surface area contributed by atoms with Gasteiger partial charge in [-0.25, -0.2) is 8.42 Å². The van der Waals surface area contributed by atoms with Gasteiger partial charge in [-0.15, -0.1) is 0 Å². The molecule has 0 aliphatic rings. The van der Waals surface area contributed by atoms with E-state index >= 15 is 0 Å². The third-order valence-corrected chi connectivity index (χ3v) is 7.47. The van der Waals surface area contributed by atoms with Crippen LogP contribution in [0.4, 0.5) is 5.69 Å². The van der Waals surface area contributed by atoms with Gasteiger partial charge in [0, 0.05) is 5.69 Å². The summed E-state index contributed by atoms with van der Waals surface area (Å²) in [5.41, 5.74) is 7.60. The smallest absolute Gasteiger partial charge is 0.297 e. The highest BCUT2D eigenvalue weighted by molar-refractivity contribution is 7.90. The highest BCUT2D eigenvalue weighted by Crippen LogP contribution is 2.25. The van der Waals surface area contributed by atoms with Crippen LogP contribution in [0.2, 0.25) is 0 Å². The van der Waals surface area contributed by atoms with Crippen molar-refractivity contribution >= 4 is 25.6 Å². The van der Waals surface area contributed by atoms with E-state index < -0.39 is 20.0 Å². The Labute approximate surface area is 182 Å². The summed E-state index contributed by atoms with van der Waals surface area (Å²) in [5.74, 6) is 0.0852. The number of aryl methyl sites for hydroxylation is 1. The largest absolute Gasteiger partial charge is 0.491 e. The maximum Gasteiger partial charge on any atom is 0.297 e. The molecule has 0 amide bonds. The van der Waals surface area contributed by atoms with Gasteiger partial charge in [-0.1, -0.05) is 35.9 Å². The zero-order valence-electron chi connectivity index (χ0n) is 16.9. The normalized spacial score (nSPS) is 11.9.